The van der Waals surface area contributed by atoms with Gasteiger partial charge in [-0.05, 0) is 25.2 Å². The number of hydrogen-bond donors (Lipinski definition) is 1. The molecule has 1 aliphatic carbocycles. The van der Waals surface area contributed by atoms with Crippen LogP contribution in [0.15, 0.2) is 6.07 Å². The molecule has 1 aromatic rings. The second kappa shape index (κ2) is 6.17. The first-order valence-corrected chi connectivity index (χ1v) is 6.92. The van der Waals surface area contributed by atoms with Gasteiger partial charge in [0.05, 0.1) is 0 Å². The highest BCUT2D eigenvalue weighted by Crippen LogP contribution is 2.29. The van der Waals surface area contributed by atoms with Crippen molar-refractivity contribution in [1.82, 2.24) is 4.98 Å². The Balaban J connectivity index is 2.12. The fourth-order valence-corrected chi connectivity index (χ4v) is 2.24. The van der Waals surface area contributed by atoms with E-state index in [4.69, 9.17) is 0 Å². The van der Waals surface area contributed by atoms with Crippen LogP contribution in [0.5, 0.6) is 0 Å². The summed E-state index contributed by atoms with van der Waals surface area (Å²) in [5.74, 6) is -0.248. The van der Waals surface area contributed by atoms with Crippen LogP contribution in [0.1, 0.15) is 32.6 Å². The van der Waals surface area contributed by atoms with Crippen LogP contribution in [0, 0.1) is 17.6 Å². The molecule has 0 amide bonds. The lowest BCUT2D eigenvalue weighted by Crippen LogP contribution is -2.30. The summed E-state index contributed by atoms with van der Waals surface area (Å²) >= 11 is 0. The number of hydrogen-bond acceptors (Lipinski definition) is 3. The van der Waals surface area contributed by atoms with E-state index in [1.807, 2.05) is 14.0 Å². The number of nitrogens with zero attached hydrogens (tertiary/aromatic N) is 2. The van der Waals surface area contributed by atoms with Gasteiger partial charge in [-0.2, -0.15) is 0 Å². The van der Waals surface area contributed by atoms with E-state index >= 15 is 0 Å². The molecule has 0 atom stereocenters. The van der Waals surface area contributed by atoms with Gasteiger partial charge in [-0.15, -0.1) is 0 Å². The quantitative estimate of drug-likeness (QED) is 0.857. The average Bonchev–Trinajstić information content (AvgIpc) is 2.32. The van der Waals surface area contributed by atoms with E-state index in [9.17, 15) is 8.78 Å². The molecule has 1 heterocycles. The van der Waals surface area contributed by atoms with Crippen molar-refractivity contribution in [1.29, 1.82) is 0 Å². The van der Waals surface area contributed by atoms with Crippen molar-refractivity contribution < 1.29 is 8.78 Å². The van der Waals surface area contributed by atoms with Gasteiger partial charge in [0.2, 0.25) is 0 Å². The summed E-state index contributed by atoms with van der Waals surface area (Å²) in [5, 5.41) is 2.89. The molecular formula is C14H21F2N3. The van der Waals surface area contributed by atoms with E-state index in [2.05, 4.69) is 10.3 Å². The minimum atomic E-state index is -0.633. The summed E-state index contributed by atoms with van der Waals surface area (Å²) in [6.07, 6.45) is 4.50. The molecule has 1 fully saturated rings. The van der Waals surface area contributed by atoms with Gasteiger partial charge in [0.1, 0.15) is 0 Å². The normalized spacial score (nSPS) is 15.2. The molecule has 0 aliphatic heterocycles. The lowest BCUT2D eigenvalue weighted by molar-refractivity contribution is 0.320. The third-order valence-electron chi connectivity index (χ3n) is 3.57. The second-order valence-electron chi connectivity index (χ2n) is 5.23. The zero-order valence-corrected chi connectivity index (χ0v) is 11.5. The summed E-state index contributed by atoms with van der Waals surface area (Å²) in [6.45, 7) is 3.39. The standard InChI is InChI=1S/C14H21F2N3/c1-3-7-17-13-11(15)8-12(16)14(18-13)19(2)9-10-5-4-6-10/h8,10H,3-7,9H2,1-2H3,(H,17,18). The SMILES string of the molecule is CCCNc1nc(N(C)CC2CCC2)c(F)cc1F. The molecule has 0 unspecified atom stereocenters. The Morgan fingerprint density at radius 1 is 1.37 bits per heavy atom. The third kappa shape index (κ3) is 3.33. The highest BCUT2D eigenvalue weighted by Gasteiger charge is 2.22. The third-order valence-corrected chi connectivity index (χ3v) is 3.57. The molecule has 2 rings (SSSR count). The van der Waals surface area contributed by atoms with E-state index < -0.39 is 11.6 Å². The molecule has 3 nitrogen and oxygen atoms in total. The Bertz CT molecular complexity index is 433. The van der Waals surface area contributed by atoms with Gasteiger partial charge in [0, 0.05) is 26.2 Å². The van der Waals surface area contributed by atoms with Gasteiger partial charge in [0.25, 0.3) is 0 Å². The van der Waals surface area contributed by atoms with Crippen LogP contribution in [0.2, 0.25) is 0 Å². The number of pyridine rings is 1. The minimum Gasteiger partial charge on any atom is -0.368 e. The maximum Gasteiger partial charge on any atom is 0.168 e. The summed E-state index contributed by atoms with van der Waals surface area (Å²) in [6, 6.07) is 0.914. The first-order valence-electron chi connectivity index (χ1n) is 6.92. The van der Waals surface area contributed by atoms with Crippen molar-refractivity contribution in [3.63, 3.8) is 0 Å². The fraction of sp³-hybridized carbons (Fsp3) is 0.643. The maximum atomic E-state index is 13.8. The van der Waals surface area contributed by atoms with Gasteiger partial charge in [-0.3, -0.25) is 0 Å². The highest BCUT2D eigenvalue weighted by atomic mass is 19.1. The summed E-state index contributed by atoms with van der Waals surface area (Å²) in [7, 11) is 1.81. The second-order valence-corrected chi connectivity index (χ2v) is 5.23. The minimum absolute atomic E-state index is 0.138. The Hall–Kier alpha value is -1.39. The summed E-state index contributed by atoms with van der Waals surface area (Å²) in [4.78, 5) is 5.87. The lowest BCUT2D eigenvalue weighted by Gasteiger charge is -2.31. The molecule has 19 heavy (non-hydrogen) atoms. The number of anilines is 2. The van der Waals surface area contributed by atoms with E-state index in [0.29, 0.717) is 12.5 Å². The van der Waals surface area contributed by atoms with Crippen molar-refractivity contribution in [2.24, 2.45) is 5.92 Å². The monoisotopic (exact) mass is 269 g/mol. The Morgan fingerprint density at radius 2 is 2.11 bits per heavy atom. The van der Waals surface area contributed by atoms with Crippen molar-refractivity contribution in [2.75, 3.05) is 30.4 Å². The molecule has 0 spiro atoms. The van der Waals surface area contributed by atoms with Gasteiger partial charge in [-0.25, -0.2) is 13.8 Å². The van der Waals surface area contributed by atoms with Crippen LogP contribution in [-0.2, 0) is 0 Å². The number of rotatable bonds is 6. The largest absolute Gasteiger partial charge is 0.368 e. The van der Waals surface area contributed by atoms with Crippen molar-refractivity contribution in [3.8, 4) is 0 Å². The number of aromatic nitrogens is 1. The first kappa shape index (κ1) is 14.0. The lowest BCUT2D eigenvalue weighted by atomic mass is 9.85. The van der Waals surface area contributed by atoms with E-state index in [1.165, 1.54) is 19.3 Å². The van der Waals surface area contributed by atoms with Crippen molar-refractivity contribution >= 4 is 11.6 Å². The zero-order valence-electron chi connectivity index (χ0n) is 11.5. The smallest absolute Gasteiger partial charge is 0.168 e. The number of halogens is 2. The Kier molecular flexibility index (Phi) is 4.56. The van der Waals surface area contributed by atoms with Gasteiger partial charge in [-0.1, -0.05) is 13.3 Å². The van der Waals surface area contributed by atoms with Crippen LogP contribution >= 0.6 is 0 Å². The molecule has 1 aliphatic rings. The van der Waals surface area contributed by atoms with Crippen molar-refractivity contribution in [3.05, 3.63) is 17.7 Å². The van der Waals surface area contributed by atoms with Gasteiger partial charge in [0.15, 0.2) is 23.3 Å². The summed E-state index contributed by atoms with van der Waals surface area (Å²) < 4.78 is 27.4. The zero-order chi connectivity index (χ0) is 13.8. The Labute approximate surface area is 113 Å². The van der Waals surface area contributed by atoms with E-state index in [-0.39, 0.29) is 11.6 Å². The van der Waals surface area contributed by atoms with Crippen LogP contribution in [0.4, 0.5) is 20.4 Å². The topological polar surface area (TPSA) is 28.2 Å². The molecule has 0 saturated heterocycles. The predicted molar refractivity (Wildman–Crippen MR) is 73.5 cm³/mol. The van der Waals surface area contributed by atoms with Gasteiger partial charge >= 0.3 is 0 Å². The van der Waals surface area contributed by atoms with Crippen LogP contribution in [-0.4, -0.2) is 25.1 Å². The fourth-order valence-electron chi connectivity index (χ4n) is 2.24. The van der Waals surface area contributed by atoms with Crippen LogP contribution < -0.4 is 10.2 Å². The molecule has 1 N–H and O–H groups in total. The molecule has 0 radical (unpaired) electrons. The van der Waals surface area contributed by atoms with Crippen molar-refractivity contribution in [2.45, 2.75) is 32.6 Å². The predicted octanol–water partition coefficient (Wildman–Crippen LogP) is 3.42. The highest BCUT2D eigenvalue weighted by molar-refractivity contribution is 5.49. The number of nitrogens with one attached hydrogen (secondary N) is 1. The Morgan fingerprint density at radius 3 is 2.68 bits per heavy atom. The summed E-state index contributed by atoms with van der Waals surface area (Å²) in [5.41, 5.74) is 0. The van der Waals surface area contributed by atoms with Gasteiger partial charge < -0.3 is 10.2 Å². The average molecular weight is 269 g/mol. The molecule has 1 aromatic heterocycles. The molecule has 5 heteroatoms. The molecule has 106 valence electrons. The molecule has 0 aromatic carbocycles. The van der Waals surface area contributed by atoms with Crippen LogP contribution in [0.3, 0.4) is 0 Å². The first-order chi connectivity index (χ1) is 9.11. The van der Waals surface area contributed by atoms with E-state index in [0.717, 1.165) is 19.0 Å². The van der Waals surface area contributed by atoms with E-state index in [1.54, 1.807) is 4.90 Å². The molecular weight excluding hydrogens is 248 g/mol. The van der Waals surface area contributed by atoms with Crippen LogP contribution in [0.25, 0.3) is 0 Å². The maximum absolute atomic E-state index is 13.8. The molecule has 1 saturated carbocycles. The molecule has 0 bridgehead atoms.